The van der Waals surface area contributed by atoms with E-state index < -0.39 is 10.0 Å². The first-order valence-corrected chi connectivity index (χ1v) is 9.93. The molecule has 0 saturated carbocycles. The molecule has 0 radical (unpaired) electrons. The van der Waals surface area contributed by atoms with Gasteiger partial charge in [0.1, 0.15) is 5.75 Å². The molecule has 140 valence electrons. The van der Waals surface area contributed by atoms with E-state index in [0.717, 1.165) is 5.56 Å². The van der Waals surface area contributed by atoms with Gasteiger partial charge in [0.05, 0.1) is 29.6 Å². The van der Waals surface area contributed by atoms with Gasteiger partial charge in [-0.2, -0.15) is 18.6 Å². The van der Waals surface area contributed by atoms with E-state index in [9.17, 15) is 8.42 Å². The van der Waals surface area contributed by atoms with Crippen molar-refractivity contribution in [1.82, 2.24) is 15.0 Å². The predicted molar refractivity (Wildman–Crippen MR) is 105 cm³/mol. The number of nitrogens with one attached hydrogen (secondary N) is 2. The van der Waals surface area contributed by atoms with Crippen molar-refractivity contribution < 1.29 is 13.2 Å². The van der Waals surface area contributed by atoms with Crippen molar-refractivity contribution >= 4 is 27.8 Å². The van der Waals surface area contributed by atoms with Crippen LogP contribution in [-0.4, -0.2) is 31.4 Å². The number of rotatable bonds is 7. The molecule has 3 rings (SSSR count). The maximum atomic E-state index is 12.3. The molecule has 9 heteroatoms. The fourth-order valence-electron chi connectivity index (χ4n) is 2.34. The van der Waals surface area contributed by atoms with Crippen LogP contribution in [0.4, 0.5) is 0 Å². The minimum atomic E-state index is -3.78. The van der Waals surface area contributed by atoms with Gasteiger partial charge in [-0.25, -0.2) is 4.83 Å². The van der Waals surface area contributed by atoms with Crippen molar-refractivity contribution in [3.8, 4) is 17.0 Å². The molecule has 0 atom stereocenters. The Bertz CT molecular complexity index is 1030. The second-order valence-electron chi connectivity index (χ2n) is 5.46. The Labute approximate surface area is 162 Å². The number of aromatic nitrogens is 2. The lowest BCUT2D eigenvalue weighted by molar-refractivity contribution is 0.340. The van der Waals surface area contributed by atoms with Crippen molar-refractivity contribution in [3.63, 3.8) is 0 Å². The molecule has 2 aromatic carbocycles. The maximum absolute atomic E-state index is 12.3. The molecule has 0 aliphatic heterocycles. The molecule has 0 saturated heterocycles. The van der Waals surface area contributed by atoms with Gasteiger partial charge in [-0.1, -0.05) is 23.7 Å². The number of sulfonamides is 1. The van der Waals surface area contributed by atoms with Crippen molar-refractivity contribution in [3.05, 3.63) is 65.3 Å². The second kappa shape index (κ2) is 8.24. The summed E-state index contributed by atoms with van der Waals surface area (Å²) in [6, 6.07) is 13.3. The second-order valence-corrected chi connectivity index (χ2v) is 7.56. The number of halogens is 1. The van der Waals surface area contributed by atoms with Crippen LogP contribution >= 0.6 is 11.6 Å². The van der Waals surface area contributed by atoms with Crippen LogP contribution in [0.2, 0.25) is 5.02 Å². The number of hydrogen-bond donors (Lipinski definition) is 2. The fourth-order valence-corrected chi connectivity index (χ4v) is 3.26. The molecule has 0 amide bonds. The van der Waals surface area contributed by atoms with Gasteiger partial charge in [-0.05, 0) is 43.3 Å². The minimum Gasteiger partial charge on any atom is -0.494 e. The van der Waals surface area contributed by atoms with Crippen LogP contribution in [0.5, 0.6) is 5.75 Å². The lowest BCUT2D eigenvalue weighted by Crippen LogP contribution is -2.18. The SMILES string of the molecule is CCOc1ccc(S(=O)(=O)N/N=C\c2cn[nH]c2-c2ccc(Cl)cc2)cc1. The molecular weight excluding hydrogens is 388 g/mol. The summed E-state index contributed by atoms with van der Waals surface area (Å²) in [5, 5.41) is 11.3. The van der Waals surface area contributed by atoms with Gasteiger partial charge < -0.3 is 4.74 Å². The van der Waals surface area contributed by atoms with E-state index in [2.05, 4.69) is 20.1 Å². The van der Waals surface area contributed by atoms with E-state index in [1.807, 2.05) is 19.1 Å². The van der Waals surface area contributed by atoms with Crippen molar-refractivity contribution in [2.75, 3.05) is 6.61 Å². The Hall–Kier alpha value is -2.84. The Morgan fingerprint density at radius 1 is 1.19 bits per heavy atom. The van der Waals surface area contributed by atoms with Crippen molar-refractivity contribution in [2.24, 2.45) is 5.10 Å². The van der Waals surface area contributed by atoms with Gasteiger partial charge in [0.2, 0.25) is 0 Å². The van der Waals surface area contributed by atoms with E-state index in [-0.39, 0.29) is 4.90 Å². The zero-order valence-electron chi connectivity index (χ0n) is 14.4. The van der Waals surface area contributed by atoms with E-state index in [1.165, 1.54) is 18.3 Å². The van der Waals surface area contributed by atoms with E-state index in [0.29, 0.717) is 28.6 Å². The van der Waals surface area contributed by atoms with Gasteiger partial charge in [0, 0.05) is 16.1 Å². The third-order valence-electron chi connectivity index (χ3n) is 3.62. The largest absolute Gasteiger partial charge is 0.494 e. The quantitative estimate of drug-likeness (QED) is 0.465. The summed E-state index contributed by atoms with van der Waals surface area (Å²) < 4.78 is 29.9. The number of ether oxygens (including phenoxy) is 1. The van der Waals surface area contributed by atoms with E-state index >= 15 is 0 Å². The van der Waals surface area contributed by atoms with Crippen LogP contribution in [0.3, 0.4) is 0 Å². The third-order valence-corrected chi connectivity index (χ3v) is 5.11. The molecule has 7 nitrogen and oxygen atoms in total. The summed E-state index contributed by atoms with van der Waals surface area (Å²) in [4.78, 5) is 2.28. The standard InChI is InChI=1S/C18H17ClN4O3S/c1-2-26-16-7-9-17(10-8-16)27(24,25)23-21-12-14-11-20-22-18(14)13-3-5-15(19)6-4-13/h3-12,23H,2H2,1H3,(H,20,22)/b21-12-. The van der Waals surface area contributed by atoms with Crippen LogP contribution in [0.1, 0.15) is 12.5 Å². The van der Waals surface area contributed by atoms with Gasteiger partial charge in [-0.3, -0.25) is 5.10 Å². The average Bonchev–Trinajstić information content (AvgIpc) is 3.11. The molecule has 1 aromatic heterocycles. The first-order valence-electron chi connectivity index (χ1n) is 8.06. The smallest absolute Gasteiger partial charge is 0.276 e. The number of benzene rings is 2. The van der Waals surface area contributed by atoms with Crippen LogP contribution in [0.25, 0.3) is 11.3 Å². The Balaban J connectivity index is 1.74. The molecule has 27 heavy (non-hydrogen) atoms. The van der Waals surface area contributed by atoms with Crippen LogP contribution in [-0.2, 0) is 10.0 Å². The third kappa shape index (κ3) is 4.66. The lowest BCUT2D eigenvalue weighted by Gasteiger charge is -2.06. The molecular formula is C18H17ClN4O3S. The predicted octanol–water partition coefficient (Wildman–Crippen LogP) is 3.44. The zero-order valence-corrected chi connectivity index (χ0v) is 16.0. The van der Waals surface area contributed by atoms with Gasteiger partial charge in [0.25, 0.3) is 10.0 Å². The minimum absolute atomic E-state index is 0.0909. The highest BCUT2D eigenvalue weighted by molar-refractivity contribution is 7.89. The summed E-state index contributed by atoms with van der Waals surface area (Å²) in [7, 11) is -3.78. The first-order chi connectivity index (χ1) is 13.0. The molecule has 0 fully saturated rings. The maximum Gasteiger partial charge on any atom is 0.276 e. The Kier molecular flexibility index (Phi) is 5.78. The molecule has 1 heterocycles. The molecule has 3 aromatic rings. The Morgan fingerprint density at radius 3 is 2.56 bits per heavy atom. The summed E-state index contributed by atoms with van der Waals surface area (Å²) in [5.41, 5.74) is 2.19. The number of hydrazone groups is 1. The van der Waals surface area contributed by atoms with Gasteiger partial charge in [-0.15, -0.1) is 0 Å². The summed E-state index contributed by atoms with van der Waals surface area (Å²) in [6.45, 7) is 2.37. The monoisotopic (exact) mass is 404 g/mol. The number of hydrogen-bond acceptors (Lipinski definition) is 5. The van der Waals surface area contributed by atoms with Gasteiger partial charge in [0.15, 0.2) is 0 Å². The first kappa shape index (κ1) is 18.9. The number of nitrogens with zero attached hydrogens (tertiary/aromatic N) is 2. The normalized spacial score (nSPS) is 11.6. The molecule has 0 aliphatic rings. The van der Waals surface area contributed by atoms with Crippen LogP contribution < -0.4 is 9.57 Å². The Morgan fingerprint density at radius 2 is 1.89 bits per heavy atom. The molecule has 0 unspecified atom stereocenters. The molecule has 0 aliphatic carbocycles. The lowest BCUT2D eigenvalue weighted by atomic mass is 10.1. The average molecular weight is 405 g/mol. The highest BCUT2D eigenvalue weighted by Gasteiger charge is 2.13. The van der Waals surface area contributed by atoms with E-state index in [4.69, 9.17) is 16.3 Å². The van der Waals surface area contributed by atoms with Crippen molar-refractivity contribution in [2.45, 2.75) is 11.8 Å². The van der Waals surface area contributed by atoms with Crippen LogP contribution in [0.15, 0.2) is 64.7 Å². The summed E-state index contributed by atoms with van der Waals surface area (Å²) in [5.74, 6) is 0.603. The number of H-pyrrole nitrogens is 1. The highest BCUT2D eigenvalue weighted by Crippen LogP contribution is 2.22. The van der Waals surface area contributed by atoms with Crippen LogP contribution in [0, 0.1) is 0 Å². The topological polar surface area (TPSA) is 96.4 Å². The molecule has 0 bridgehead atoms. The highest BCUT2D eigenvalue weighted by atomic mass is 35.5. The van der Waals surface area contributed by atoms with Gasteiger partial charge >= 0.3 is 0 Å². The molecule has 2 N–H and O–H groups in total. The van der Waals surface area contributed by atoms with E-state index in [1.54, 1.807) is 30.5 Å². The number of aromatic amines is 1. The zero-order chi connectivity index (χ0) is 19.3. The summed E-state index contributed by atoms with van der Waals surface area (Å²) in [6.07, 6.45) is 2.94. The summed E-state index contributed by atoms with van der Waals surface area (Å²) >= 11 is 5.90. The van der Waals surface area contributed by atoms with Crippen molar-refractivity contribution in [1.29, 1.82) is 0 Å². The fraction of sp³-hybridized carbons (Fsp3) is 0.111. The molecule has 0 spiro atoms.